The van der Waals surface area contributed by atoms with Crippen LogP contribution < -0.4 is 5.32 Å². The third-order valence-corrected chi connectivity index (χ3v) is 4.48. The number of nitrogens with one attached hydrogen (secondary N) is 1. The Morgan fingerprint density at radius 2 is 2.14 bits per heavy atom. The lowest BCUT2D eigenvalue weighted by atomic mass is 10.1. The van der Waals surface area contributed by atoms with E-state index < -0.39 is 4.92 Å². The number of anilines is 1. The summed E-state index contributed by atoms with van der Waals surface area (Å²) in [5.41, 5.74) is 0.794. The smallest absolute Gasteiger partial charge is 0.282 e. The van der Waals surface area contributed by atoms with Crippen molar-refractivity contribution in [1.29, 1.82) is 0 Å². The second-order valence-electron chi connectivity index (χ2n) is 5.49. The first-order valence-electron chi connectivity index (χ1n) is 7.36. The summed E-state index contributed by atoms with van der Waals surface area (Å²) in [6.07, 6.45) is 3.95. The van der Waals surface area contributed by atoms with Crippen molar-refractivity contribution in [2.75, 3.05) is 30.4 Å². The summed E-state index contributed by atoms with van der Waals surface area (Å²) in [4.78, 5) is 24.9. The van der Waals surface area contributed by atoms with E-state index in [0.29, 0.717) is 13.1 Å². The summed E-state index contributed by atoms with van der Waals surface area (Å²) in [5.74, 6) is 0.678. The van der Waals surface area contributed by atoms with Gasteiger partial charge in [0.05, 0.1) is 4.92 Å². The number of amides is 1. The summed E-state index contributed by atoms with van der Waals surface area (Å²) >= 11 is 1.72. The third kappa shape index (κ3) is 3.91. The summed E-state index contributed by atoms with van der Waals surface area (Å²) in [5, 5.41) is 14.5. The molecule has 1 aromatic rings. The molecule has 1 unspecified atom stereocenters. The largest absolute Gasteiger partial charge is 0.382 e. The van der Waals surface area contributed by atoms with Crippen LogP contribution in [0.4, 0.5) is 11.4 Å². The van der Waals surface area contributed by atoms with Gasteiger partial charge in [-0.25, -0.2) is 0 Å². The average Bonchev–Trinajstić information content (AvgIpc) is 3.00. The summed E-state index contributed by atoms with van der Waals surface area (Å²) < 4.78 is 0. The number of carbonyl (C=O) groups excluding carboxylic acids is 1. The molecule has 0 bridgehead atoms. The van der Waals surface area contributed by atoms with Gasteiger partial charge < -0.3 is 10.2 Å². The van der Waals surface area contributed by atoms with Crippen LogP contribution in [0.15, 0.2) is 18.2 Å². The van der Waals surface area contributed by atoms with Crippen LogP contribution in [0.25, 0.3) is 0 Å². The van der Waals surface area contributed by atoms with Crippen LogP contribution in [0.5, 0.6) is 0 Å². The Hall–Kier alpha value is -1.76. The quantitative estimate of drug-likeness (QED) is 0.643. The lowest BCUT2D eigenvalue weighted by Crippen LogP contribution is -2.28. The average molecular weight is 323 g/mol. The van der Waals surface area contributed by atoms with Crippen LogP contribution in [0, 0.1) is 10.1 Å². The van der Waals surface area contributed by atoms with E-state index >= 15 is 0 Å². The SMILES string of the molecule is CSCC(C)Nc1ccc([N+](=O)[O-])c(C(=O)N2CCCC2)c1. The predicted molar refractivity (Wildman–Crippen MR) is 89.7 cm³/mol. The second-order valence-corrected chi connectivity index (χ2v) is 6.40. The molecular formula is C15H21N3O3S. The van der Waals surface area contributed by atoms with Gasteiger partial charge in [0.2, 0.25) is 0 Å². The molecule has 22 heavy (non-hydrogen) atoms. The molecular weight excluding hydrogens is 302 g/mol. The van der Waals surface area contributed by atoms with Gasteiger partial charge >= 0.3 is 0 Å². The van der Waals surface area contributed by atoms with Crippen LogP contribution in [-0.4, -0.2) is 46.9 Å². The van der Waals surface area contributed by atoms with Gasteiger partial charge in [0, 0.05) is 36.6 Å². The zero-order valence-electron chi connectivity index (χ0n) is 12.9. The lowest BCUT2D eigenvalue weighted by Gasteiger charge is -2.18. The molecule has 1 aliphatic heterocycles. The van der Waals surface area contributed by atoms with Gasteiger partial charge in [0.1, 0.15) is 5.56 Å². The van der Waals surface area contributed by atoms with Gasteiger partial charge in [-0.15, -0.1) is 0 Å². The van der Waals surface area contributed by atoms with Crippen molar-refractivity contribution >= 4 is 29.0 Å². The van der Waals surface area contributed by atoms with Crippen LogP contribution in [0.1, 0.15) is 30.1 Å². The monoisotopic (exact) mass is 323 g/mol. The van der Waals surface area contributed by atoms with Crippen molar-refractivity contribution < 1.29 is 9.72 Å². The van der Waals surface area contributed by atoms with Crippen molar-refractivity contribution in [3.05, 3.63) is 33.9 Å². The molecule has 1 amide bonds. The van der Waals surface area contributed by atoms with Crippen molar-refractivity contribution in [3.8, 4) is 0 Å². The van der Waals surface area contributed by atoms with Crippen molar-refractivity contribution in [2.45, 2.75) is 25.8 Å². The van der Waals surface area contributed by atoms with Crippen molar-refractivity contribution in [3.63, 3.8) is 0 Å². The molecule has 0 aliphatic carbocycles. The van der Waals surface area contributed by atoms with E-state index in [1.165, 1.54) is 6.07 Å². The molecule has 120 valence electrons. The van der Waals surface area contributed by atoms with E-state index in [1.54, 1.807) is 28.8 Å². The maximum absolute atomic E-state index is 12.5. The van der Waals surface area contributed by atoms with Gasteiger partial charge in [0.15, 0.2) is 0 Å². The number of likely N-dealkylation sites (tertiary alicyclic amines) is 1. The van der Waals surface area contributed by atoms with E-state index in [2.05, 4.69) is 5.32 Å². The molecule has 1 heterocycles. The van der Waals surface area contributed by atoms with Crippen LogP contribution in [-0.2, 0) is 0 Å². The van der Waals surface area contributed by atoms with Crippen LogP contribution >= 0.6 is 11.8 Å². The minimum absolute atomic E-state index is 0.125. The number of carbonyl (C=O) groups is 1. The van der Waals surface area contributed by atoms with E-state index in [9.17, 15) is 14.9 Å². The summed E-state index contributed by atoms with van der Waals surface area (Å²) in [6.45, 7) is 3.40. The first-order valence-corrected chi connectivity index (χ1v) is 8.75. The first kappa shape index (κ1) is 16.6. The molecule has 0 spiro atoms. The van der Waals surface area contributed by atoms with Gasteiger partial charge in [-0.1, -0.05) is 0 Å². The summed E-state index contributed by atoms with van der Waals surface area (Å²) in [7, 11) is 0. The van der Waals surface area contributed by atoms with E-state index in [-0.39, 0.29) is 23.2 Å². The Bertz CT molecular complexity index is 559. The highest BCUT2D eigenvalue weighted by atomic mass is 32.2. The van der Waals surface area contributed by atoms with E-state index in [0.717, 1.165) is 24.3 Å². The maximum Gasteiger partial charge on any atom is 0.282 e. The molecule has 7 heteroatoms. The highest BCUT2D eigenvalue weighted by molar-refractivity contribution is 7.98. The van der Waals surface area contributed by atoms with Crippen molar-refractivity contribution in [1.82, 2.24) is 4.90 Å². The maximum atomic E-state index is 12.5. The standard InChI is InChI=1S/C15H21N3O3S/c1-11(10-22-2)16-12-5-6-14(18(20)21)13(9-12)15(19)17-7-3-4-8-17/h5-6,9,11,16H,3-4,7-8,10H2,1-2H3. The molecule has 0 aromatic heterocycles. The Morgan fingerprint density at radius 3 is 2.73 bits per heavy atom. The molecule has 0 saturated carbocycles. The number of nitrogens with zero attached hydrogens (tertiary/aromatic N) is 2. The minimum Gasteiger partial charge on any atom is -0.382 e. The Kier molecular flexibility index (Phi) is 5.65. The van der Waals surface area contributed by atoms with Crippen LogP contribution in [0.3, 0.4) is 0 Å². The Labute approximate surface area is 134 Å². The highest BCUT2D eigenvalue weighted by Gasteiger charge is 2.27. The zero-order valence-corrected chi connectivity index (χ0v) is 13.7. The minimum atomic E-state index is -0.488. The lowest BCUT2D eigenvalue weighted by molar-refractivity contribution is -0.385. The zero-order chi connectivity index (χ0) is 16.1. The molecule has 1 aliphatic rings. The number of benzene rings is 1. The third-order valence-electron chi connectivity index (χ3n) is 3.65. The molecule has 1 saturated heterocycles. The normalized spacial score (nSPS) is 15.6. The number of nitro groups is 1. The van der Waals surface area contributed by atoms with Crippen LogP contribution in [0.2, 0.25) is 0 Å². The second kappa shape index (κ2) is 7.49. The molecule has 2 rings (SSSR count). The number of rotatable bonds is 6. The molecule has 1 aromatic carbocycles. The van der Waals surface area contributed by atoms with Gasteiger partial charge in [0.25, 0.3) is 11.6 Å². The fraction of sp³-hybridized carbons (Fsp3) is 0.533. The topological polar surface area (TPSA) is 75.5 Å². The molecule has 1 fully saturated rings. The van der Waals surface area contributed by atoms with E-state index in [1.807, 2.05) is 13.2 Å². The number of hydrogen-bond acceptors (Lipinski definition) is 5. The van der Waals surface area contributed by atoms with Crippen molar-refractivity contribution in [2.24, 2.45) is 0 Å². The number of thioether (sulfide) groups is 1. The van der Waals surface area contributed by atoms with E-state index in [4.69, 9.17) is 0 Å². The molecule has 1 N–H and O–H groups in total. The van der Waals surface area contributed by atoms with Gasteiger partial charge in [-0.2, -0.15) is 11.8 Å². The first-order chi connectivity index (χ1) is 10.5. The molecule has 0 radical (unpaired) electrons. The highest BCUT2D eigenvalue weighted by Crippen LogP contribution is 2.26. The number of nitro benzene ring substituents is 1. The summed E-state index contributed by atoms with van der Waals surface area (Å²) in [6, 6.07) is 4.91. The predicted octanol–water partition coefficient (Wildman–Crippen LogP) is 2.99. The fourth-order valence-corrected chi connectivity index (χ4v) is 3.21. The van der Waals surface area contributed by atoms with Gasteiger partial charge in [-0.05, 0) is 38.2 Å². The van der Waals surface area contributed by atoms with Gasteiger partial charge in [-0.3, -0.25) is 14.9 Å². The molecule has 6 nitrogen and oxygen atoms in total. The molecule has 1 atom stereocenters. The fourth-order valence-electron chi connectivity index (χ4n) is 2.62. The Balaban J connectivity index is 2.27. The number of hydrogen-bond donors (Lipinski definition) is 1. The Morgan fingerprint density at radius 1 is 1.45 bits per heavy atom.